The number of carbonyl (C=O) groups is 1. The third kappa shape index (κ3) is 3.23. The van der Waals surface area contributed by atoms with Crippen molar-refractivity contribution in [2.24, 2.45) is 0 Å². The van der Waals surface area contributed by atoms with Crippen molar-refractivity contribution in [1.82, 2.24) is 14.9 Å². The van der Waals surface area contributed by atoms with Crippen molar-refractivity contribution in [2.75, 3.05) is 6.54 Å². The molecule has 0 unspecified atom stereocenters. The highest BCUT2D eigenvalue weighted by Gasteiger charge is 2.25. The largest absolute Gasteiger partial charge is 0.445 e. The number of carbonyl (C=O) groups excluding carboxylic acids is 1. The Morgan fingerprint density at radius 2 is 2.00 bits per heavy atom. The summed E-state index contributed by atoms with van der Waals surface area (Å²) < 4.78 is 7.95. The van der Waals surface area contributed by atoms with E-state index in [0.29, 0.717) is 18.4 Å². The van der Waals surface area contributed by atoms with Gasteiger partial charge in [-0.2, -0.15) is 0 Å². The van der Waals surface area contributed by atoms with E-state index >= 15 is 0 Å². The number of aryl methyl sites for hydroxylation is 2. The van der Waals surface area contributed by atoms with Crippen LogP contribution < -0.4 is 5.32 Å². The van der Waals surface area contributed by atoms with E-state index in [1.807, 2.05) is 6.07 Å². The Bertz CT molecular complexity index is 1220. The maximum Gasteiger partial charge on any atom is 0.225 e. The molecule has 5 rings (SSSR count). The second-order valence-corrected chi connectivity index (χ2v) is 8.45. The average Bonchev–Trinajstić information content (AvgIpc) is 3.46. The van der Waals surface area contributed by atoms with Gasteiger partial charge in [0.2, 0.25) is 5.89 Å². The molecule has 2 aromatic heterocycles. The zero-order chi connectivity index (χ0) is 20.7. The smallest absolute Gasteiger partial charge is 0.225 e. The van der Waals surface area contributed by atoms with Crippen LogP contribution in [-0.2, 0) is 13.0 Å². The van der Waals surface area contributed by atoms with Crippen molar-refractivity contribution in [3.05, 3.63) is 53.9 Å². The Morgan fingerprint density at radius 1 is 1.13 bits per heavy atom. The summed E-state index contributed by atoms with van der Waals surface area (Å²) in [5, 5.41) is 5.91. The molecule has 1 N–H and O–H groups in total. The molecule has 0 fully saturated rings. The number of ketones is 1. The summed E-state index contributed by atoms with van der Waals surface area (Å²) >= 11 is 0. The minimum atomic E-state index is 0.261. The average molecular weight is 402 g/mol. The molecule has 0 radical (unpaired) electrons. The Balaban J connectivity index is 1.61. The highest BCUT2D eigenvalue weighted by atomic mass is 16.3. The predicted molar refractivity (Wildman–Crippen MR) is 120 cm³/mol. The summed E-state index contributed by atoms with van der Waals surface area (Å²) in [6.07, 6.45) is 6.95. The third-order valence-electron chi connectivity index (χ3n) is 6.08. The quantitative estimate of drug-likeness (QED) is 0.424. The van der Waals surface area contributed by atoms with Crippen LogP contribution >= 0.6 is 0 Å². The Morgan fingerprint density at radius 3 is 2.80 bits per heavy atom. The molecule has 0 saturated heterocycles. The lowest BCUT2D eigenvalue weighted by atomic mass is 10.0. The Labute approximate surface area is 176 Å². The lowest BCUT2D eigenvalue weighted by Crippen LogP contribution is -2.23. The van der Waals surface area contributed by atoms with Gasteiger partial charge in [0.1, 0.15) is 6.26 Å². The van der Waals surface area contributed by atoms with Crippen LogP contribution in [0, 0.1) is 0 Å². The second kappa shape index (κ2) is 7.73. The lowest BCUT2D eigenvalue weighted by Gasteiger charge is -2.10. The van der Waals surface area contributed by atoms with Gasteiger partial charge in [-0.25, -0.2) is 4.98 Å². The number of hydrogen-bond acceptors (Lipinski definition) is 4. The number of Topliss-reactive ketones (excluding diaryl/α,β-unsaturated/α-hetero) is 1. The normalized spacial score (nSPS) is 13.8. The van der Waals surface area contributed by atoms with E-state index in [0.717, 1.165) is 43.5 Å². The van der Waals surface area contributed by atoms with Gasteiger partial charge in [-0.15, -0.1) is 0 Å². The first kappa shape index (κ1) is 19.1. The van der Waals surface area contributed by atoms with Crippen LogP contribution in [0.2, 0.25) is 0 Å². The molecule has 5 heteroatoms. The number of unbranched alkanes of at least 4 members (excludes halogenated alkanes) is 1. The van der Waals surface area contributed by atoms with E-state index in [9.17, 15) is 4.79 Å². The van der Waals surface area contributed by atoms with E-state index < -0.39 is 0 Å². The molecular formula is C25H27N3O2. The molecule has 1 aliphatic rings. The maximum atomic E-state index is 12.4. The molecule has 4 aromatic rings. The van der Waals surface area contributed by atoms with Crippen LogP contribution in [0.1, 0.15) is 49.0 Å². The van der Waals surface area contributed by atoms with Crippen molar-refractivity contribution in [3.63, 3.8) is 0 Å². The fourth-order valence-corrected chi connectivity index (χ4v) is 4.68. The molecule has 0 aliphatic heterocycles. The first-order chi connectivity index (χ1) is 14.6. The molecule has 0 amide bonds. The molecule has 154 valence electrons. The van der Waals surface area contributed by atoms with Gasteiger partial charge in [0.15, 0.2) is 5.78 Å². The minimum Gasteiger partial charge on any atom is -0.445 e. The number of fused-ring (bicyclic) bond motifs is 5. The number of nitrogens with one attached hydrogen (secondary N) is 1. The van der Waals surface area contributed by atoms with Gasteiger partial charge in [0, 0.05) is 51.9 Å². The topological polar surface area (TPSA) is 60.1 Å². The van der Waals surface area contributed by atoms with E-state index in [1.54, 1.807) is 12.5 Å². The monoisotopic (exact) mass is 401 g/mol. The summed E-state index contributed by atoms with van der Waals surface area (Å²) in [5.74, 6) is 0.887. The van der Waals surface area contributed by atoms with Crippen molar-refractivity contribution >= 4 is 27.6 Å². The molecule has 0 spiro atoms. The SMILES string of the molecule is CC(C)NCCCCn1c2ccc(-c3ncco3)cc2c2c3c(ccc21)C(=O)CC3. The van der Waals surface area contributed by atoms with Crippen LogP contribution in [0.25, 0.3) is 33.3 Å². The van der Waals surface area contributed by atoms with Gasteiger partial charge in [0.25, 0.3) is 0 Å². The van der Waals surface area contributed by atoms with Gasteiger partial charge >= 0.3 is 0 Å². The fourth-order valence-electron chi connectivity index (χ4n) is 4.68. The molecule has 1 aliphatic carbocycles. The highest BCUT2D eigenvalue weighted by molar-refractivity contribution is 6.15. The predicted octanol–water partition coefficient (Wildman–Crippen LogP) is 5.36. The van der Waals surface area contributed by atoms with Crippen molar-refractivity contribution in [3.8, 4) is 11.5 Å². The molecule has 0 atom stereocenters. The molecule has 2 heterocycles. The summed E-state index contributed by atoms with van der Waals surface area (Å²) in [6, 6.07) is 11.1. The van der Waals surface area contributed by atoms with Crippen molar-refractivity contribution in [1.29, 1.82) is 0 Å². The minimum absolute atomic E-state index is 0.261. The van der Waals surface area contributed by atoms with Crippen molar-refractivity contribution in [2.45, 2.75) is 52.1 Å². The first-order valence-corrected chi connectivity index (χ1v) is 10.9. The summed E-state index contributed by atoms with van der Waals surface area (Å²) in [7, 11) is 0. The summed E-state index contributed by atoms with van der Waals surface area (Å²) in [4.78, 5) is 16.7. The Hall–Kier alpha value is -2.92. The van der Waals surface area contributed by atoms with E-state index in [4.69, 9.17) is 4.42 Å². The highest BCUT2D eigenvalue weighted by Crippen LogP contribution is 2.38. The molecular weight excluding hydrogens is 374 g/mol. The zero-order valence-corrected chi connectivity index (χ0v) is 17.6. The number of aromatic nitrogens is 2. The van der Waals surface area contributed by atoms with Gasteiger partial charge in [-0.3, -0.25) is 4.79 Å². The number of rotatable bonds is 7. The van der Waals surface area contributed by atoms with E-state index in [2.05, 4.69) is 53.0 Å². The Kier molecular flexibility index (Phi) is 4.91. The van der Waals surface area contributed by atoms with Gasteiger partial charge < -0.3 is 14.3 Å². The second-order valence-electron chi connectivity index (χ2n) is 8.45. The number of nitrogens with zero attached hydrogens (tertiary/aromatic N) is 2. The number of benzene rings is 2. The number of hydrogen-bond donors (Lipinski definition) is 1. The van der Waals surface area contributed by atoms with Crippen LogP contribution in [0.4, 0.5) is 0 Å². The fraction of sp³-hybridized carbons (Fsp3) is 0.360. The van der Waals surface area contributed by atoms with Crippen LogP contribution in [0.15, 0.2) is 47.2 Å². The van der Waals surface area contributed by atoms with Crippen molar-refractivity contribution < 1.29 is 9.21 Å². The van der Waals surface area contributed by atoms with Crippen LogP contribution in [0.5, 0.6) is 0 Å². The zero-order valence-electron chi connectivity index (χ0n) is 17.6. The molecule has 30 heavy (non-hydrogen) atoms. The van der Waals surface area contributed by atoms with Gasteiger partial charge in [0.05, 0.1) is 6.20 Å². The van der Waals surface area contributed by atoms with E-state index in [1.165, 1.54) is 27.4 Å². The van der Waals surface area contributed by atoms with E-state index in [-0.39, 0.29) is 5.78 Å². The maximum absolute atomic E-state index is 12.4. The lowest BCUT2D eigenvalue weighted by molar-refractivity contribution is 0.0994. The molecule has 2 aromatic carbocycles. The van der Waals surface area contributed by atoms with Gasteiger partial charge in [-0.05, 0) is 61.7 Å². The van der Waals surface area contributed by atoms with Crippen LogP contribution in [-0.4, -0.2) is 27.9 Å². The van der Waals surface area contributed by atoms with Gasteiger partial charge in [-0.1, -0.05) is 13.8 Å². The molecule has 0 bridgehead atoms. The summed E-state index contributed by atoms with van der Waals surface area (Å²) in [6.45, 7) is 6.36. The molecule has 5 nitrogen and oxygen atoms in total. The van der Waals surface area contributed by atoms with Crippen LogP contribution in [0.3, 0.4) is 0 Å². The number of oxazole rings is 1. The summed E-state index contributed by atoms with van der Waals surface area (Å²) in [5.41, 5.74) is 5.50. The standard InChI is InChI=1S/C25H27N3O2/c1-16(2)26-11-3-4-13-28-21-8-5-17(25-27-12-14-30-25)15-20(21)24-19-7-10-23(29)18(19)6-9-22(24)28/h5-6,8-9,12,14-16,26H,3-4,7,10-11,13H2,1-2H3. The first-order valence-electron chi connectivity index (χ1n) is 10.9. The third-order valence-corrected chi connectivity index (χ3v) is 6.08. The molecule has 0 saturated carbocycles.